The van der Waals surface area contributed by atoms with Gasteiger partial charge in [-0.3, -0.25) is 0 Å². The number of hydrogen-bond acceptors (Lipinski definition) is 2. The van der Waals surface area contributed by atoms with E-state index in [2.05, 4.69) is 41.6 Å². The van der Waals surface area contributed by atoms with Crippen LogP contribution >= 0.6 is 0 Å². The minimum atomic E-state index is 0.388. The summed E-state index contributed by atoms with van der Waals surface area (Å²) >= 11 is 0. The molecule has 0 saturated heterocycles. The highest BCUT2D eigenvalue weighted by atomic mass is 16.6. The summed E-state index contributed by atoms with van der Waals surface area (Å²) < 4.78 is 0. The Balaban J connectivity index is 1.55. The number of benzene rings is 1. The number of rotatable bonds is 2. The average Bonchev–Trinajstić information content (AvgIpc) is 3.11. The Morgan fingerprint density at radius 3 is 2.78 bits per heavy atom. The van der Waals surface area contributed by atoms with Crippen molar-refractivity contribution in [2.24, 2.45) is 22.9 Å². The fourth-order valence-electron chi connectivity index (χ4n) is 3.87. The molecule has 4 rings (SSSR count). The highest BCUT2D eigenvalue weighted by Crippen LogP contribution is 2.52. The molecule has 92 valence electrons. The van der Waals surface area contributed by atoms with Crippen LogP contribution in [0.3, 0.4) is 0 Å². The van der Waals surface area contributed by atoms with E-state index in [1.165, 1.54) is 24.8 Å². The quantitative estimate of drug-likeness (QED) is 0.774. The molecule has 2 fully saturated rings. The van der Waals surface area contributed by atoms with Gasteiger partial charge in [-0.05, 0) is 42.7 Å². The van der Waals surface area contributed by atoms with Crippen molar-refractivity contribution in [1.29, 1.82) is 0 Å². The minimum Gasteiger partial charge on any atom is -0.391 e. The number of fused-ring (bicyclic) bond motifs is 5. The van der Waals surface area contributed by atoms with Crippen molar-refractivity contribution in [1.82, 2.24) is 0 Å². The largest absolute Gasteiger partial charge is 0.391 e. The van der Waals surface area contributed by atoms with E-state index < -0.39 is 0 Å². The molecule has 4 atom stereocenters. The van der Waals surface area contributed by atoms with Gasteiger partial charge in [-0.25, -0.2) is 0 Å². The predicted octanol–water partition coefficient (Wildman–Crippen LogP) is 3.50. The number of nitrogens with zero attached hydrogens (tertiary/aromatic N) is 1. The summed E-state index contributed by atoms with van der Waals surface area (Å²) in [6.45, 7) is 0. The molecule has 2 aliphatic carbocycles. The van der Waals surface area contributed by atoms with E-state index in [1.54, 1.807) is 0 Å². The molecule has 18 heavy (non-hydrogen) atoms. The van der Waals surface area contributed by atoms with Crippen molar-refractivity contribution in [3.63, 3.8) is 0 Å². The Hall–Kier alpha value is -1.57. The summed E-state index contributed by atoms with van der Waals surface area (Å²) in [6, 6.07) is 10.4. The second-order valence-corrected chi connectivity index (χ2v) is 5.69. The fraction of sp³-hybridized carbons (Fsp3) is 0.438. The smallest absolute Gasteiger partial charge is 0.139 e. The molecule has 1 aromatic rings. The van der Waals surface area contributed by atoms with E-state index in [4.69, 9.17) is 4.84 Å². The van der Waals surface area contributed by atoms with Crippen molar-refractivity contribution in [3.8, 4) is 0 Å². The van der Waals surface area contributed by atoms with E-state index in [0.717, 1.165) is 17.5 Å². The Kier molecular flexibility index (Phi) is 2.29. The summed E-state index contributed by atoms with van der Waals surface area (Å²) in [5, 5.41) is 4.31. The van der Waals surface area contributed by atoms with Crippen LogP contribution in [0.5, 0.6) is 0 Å². The van der Waals surface area contributed by atoms with Crippen LogP contribution < -0.4 is 0 Å². The van der Waals surface area contributed by atoms with E-state index in [0.29, 0.717) is 12.0 Å². The van der Waals surface area contributed by atoms with Gasteiger partial charge in [0.15, 0.2) is 0 Å². The number of hydrogen-bond donors (Lipinski definition) is 0. The fourth-order valence-corrected chi connectivity index (χ4v) is 3.87. The Labute approximate surface area is 107 Å². The molecule has 0 N–H and O–H groups in total. The van der Waals surface area contributed by atoms with E-state index >= 15 is 0 Å². The van der Waals surface area contributed by atoms with Gasteiger partial charge in [0.05, 0.1) is 5.71 Å². The lowest BCUT2D eigenvalue weighted by Crippen LogP contribution is -2.28. The lowest BCUT2D eigenvalue weighted by atomic mass is 9.83. The Morgan fingerprint density at radius 1 is 1.06 bits per heavy atom. The van der Waals surface area contributed by atoms with Gasteiger partial charge in [0.25, 0.3) is 0 Å². The van der Waals surface area contributed by atoms with Gasteiger partial charge in [0.1, 0.15) is 6.10 Å². The van der Waals surface area contributed by atoms with Gasteiger partial charge < -0.3 is 4.84 Å². The lowest BCUT2D eigenvalue weighted by Gasteiger charge is -2.22. The first-order valence-electron chi connectivity index (χ1n) is 6.88. The second kappa shape index (κ2) is 3.98. The van der Waals surface area contributed by atoms with Crippen molar-refractivity contribution in [2.45, 2.75) is 25.4 Å². The normalized spacial score (nSPS) is 36.8. The van der Waals surface area contributed by atoms with Crippen LogP contribution in [-0.4, -0.2) is 11.8 Å². The standard InChI is InChI=1S/C16H17NO/c1-2-4-11(5-3-1)6-9-14-15-12-7-8-13(10-12)16(15)18-17-14/h1-6,9,12-13,15-16H,7-8,10H2/b9-6+/t12-,13+,15-,16-/m1/s1. The molecule has 2 bridgehead atoms. The molecule has 1 heterocycles. The SMILES string of the molecule is C(=C\c1ccccc1)/C1=NO[C@@H]2[C@H]3CC[C@H](C3)[C@H]12. The zero-order valence-electron chi connectivity index (χ0n) is 10.3. The van der Waals surface area contributed by atoms with Crippen LogP contribution in [0, 0.1) is 17.8 Å². The van der Waals surface area contributed by atoms with Gasteiger partial charge in [-0.15, -0.1) is 0 Å². The van der Waals surface area contributed by atoms with Gasteiger partial charge >= 0.3 is 0 Å². The Morgan fingerprint density at radius 2 is 1.89 bits per heavy atom. The molecule has 2 saturated carbocycles. The molecule has 1 aliphatic heterocycles. The van der Waals surface area contributed by atoms with Gasteiger partial charge in [-0.2, -0.15) is 0 Å². The third-order valence-electron chi connectivity index (χ3n) is 4.71. The molecular formula is C16H17NO. The van der Waals surface area contributed by atoms with E-state index in [9.17, 15) is 0 Å². The molecule has 0 aromatic heterocycles. The summed E-state index contributed by atoms with van der Waals surface area (Å²) in [7, 11) is 0. The highest BCUT2D eigenvalue weighted by Gasteiger charge is 2.53. The maximum Gasteiger partial charge on any atom is 0.139 e. The molecule has 3 aliphatic rings. The molecular weight excluding hydrogens is 222 g/mol. The molecule has 0 spiro atoms. The summed E-state index contributed by atoms with van der Waals surface area (Å²) in [5.74, 6) is 2.16. The van der Waals surface area contributed by atoms with Crippen LogP contribution in [0.25, 0.3) is 6.08 Å². The van der Waals surface area contributed by atoms with Crippen LogP contribution in [0.4, 0.5) is 0 Å². The monoisotopic (exact) mass is 239 g/mol. The van der Waals surface area contributed by atoms with Gasteiger partial charge in [-0.1, -0.05) is 41.6 Å². The van der Waals surface area contributed by atoms with Gasteiger partial charge in [0, 0.05) is 5.92 Å². The van der Waals surface area contributed by atoms with Crippen LogP contribution in [0.1, 0.15) is 24.8 Å². The first-order valence-corrected chi connectivity index (χ1v) is 6.88. The van der Waals surface area contributed by atoms with Crippen LogP contribution in [-0.2, 0) is 4.84 Å². The zero-order chi connectivity index (χ0) is 11.9. The highest BCUT2D eigenvalue weighted by molar-refractivity contribution is 6.01. The first-order chi connectivity index (χ1) is 8.92. The lowest BCUT2D eigenvalue weighted by molar-refractivity contribution is 0.0275. The van der Waals surface area contributed by atoms with Crippen molar-refractivity contribution >= 4 is 11.8 Å². The first kappa shape index (κ1) is 10.4. The van der Waals surface area contributed by atoms with Crippen LogP contribution in [0.15, 0.2) is 41.6 Å². The van der Waals surface area contributed by atoms with Crippen molar-refractivity contribution < 1.29 is 4.84 Å². The topological polar surface area (TPSA) is 21.6 Å². The molecule has 2 nitrogen and oxygen atoms in total. The van der Waals surface area contributed by atoms with Crippen molar-refractivity contribution in [2.75, 3.05) is 0 Å². The van der Waals surface area contributed by atoms with Crippen LogP contribution in [0.2, 0.25) is 0 Å². The zero-order valence-corrected chi connectivity index (χ0v) is 10.3. The average molecular weight is 239 g/mol. The second-order valence-electron chi connectivity index (χ2n) is 5.69. The maximum atomic E-state index is 5.65. The maximum absolute atomic E-state index is 5.65. The van der Waals surface area contributed by atoms with E-state index in [1.807, 2.05) is 6.07 Å². The summed E-state index contributed by atoms with van der Waals surface area (Å²) in [6.07, 6.45) is 8.76. The van der Waals surface area contributed by atoms with E-state index in [-0.39, 0.29) is 0 Å². The molecule has 0 radical (unpaired) electrons. The summed E-state index contributed by atoms with van der Waals surface area (Å²) in [4.78, 5) is 5.65. The minimum absolute atomic E-state index is 0.388. The molecule has 0 amide bonds. The molecule has 0 unspecified atom stereocenters. The third-order valence-corrected chi connectivity index (χ3v) is 4.71. The number of allylic oxidation sites excluding steroid dienone is 1. The van der Waals surface area contributed by atoms with Crippen molar-refractivity contribution in [3.05, 3.63) is 42.0 Å². The predicted molar refractivity (Wildman–Crippen MR) is 72.1 cm³/mol. The third kappa shape index (κ3) is 1.52. The molecule has 1 aromatic carbocycles. The summed E-state index contributed by atoms with van der Waals surface area (Å²) in [5.41, 5.74) is 2.39. The van der Waals surface area contributed by atoms with Gasteiger partial charge in [0.2, 0.25) is 0 Å². The molecule has 2 heteroatoms. The number of oxime groups is 1. The Bertz CT molecular complexity index is 505.